The predicted molar refractivity (Wildman–Crippen MR) is 87.2 cm³/mol. The van der Waals surface area contributed by atoms with Crippen LogP contribution in [-0.2, 0) is 13.0 Å². The standard InChI is InChI=1S/C15H16BrN5/c16-13-2-1-9-21-14(13)19-15(20-21)18-10-12-5-3-11(4-6-12)7-8-17/h1-6,9H,7-8,10,17H2,(H,18,20). The van der Waals surface area contributed by atoms with E-state index in [1.165, 1.54) is 11.1 Å². The van der Waals surface area contributed by atoms with Crippen molar-refractivity contribution in [1.29, 1.82) is 0 Å². The maximum absolute atomic E-state index is 5.55. The fourth-order valence-electron chi connectivity index (χ4n) is 2.12. The second kappa shape index (κ2) is 6.24. The highest BCUT2D eigenvalue weighted by molar-refractivity contribution is 9.10. The smallest absolute Gasteiger partial charge is 0.243 e. The van der Waals surface area contributed by atoms with Crippen LogP contribution in [-0.4, -0.2) is 21.1 Å². The van der Waals surface area contributed by atoms with Crippen LogP contribution in [0.15, 0.2) is 47.1 Å². The van der Waals surface area contributed by atoms with Gasteiger partial charge >= 0.3 is 0 Å². The summed E-state index contributed by atoms with van der Waals surface area (Å²) in [5.74, 6) is 0.618. The number of anilines is 1. The average molecular weight is 346 g/mol. The van der Waals surface area contributed by atoms with Crippen molar-refractivity contribution in [3.63, 3.8) is 0 Å². The van der Waals surface area contributed by atoms with Crippen molar-refractivity contribution in [3.8, 4) is 0 Å². The number of benzene rings is 1. The molecule has 0 saturated carbocycles. The van der Waals surface area contributed by atoms with Gasteiger partial charge in [-0.25, -0.2) is 4.52 Å². The number of nitrogens with zero attached hydrogens (tertiary/aromatic N) is 3. The van der Waals surface area contributed by atoms with Crippen molar-refractivity contribution in [3.05, 3.63) is 58.2 Å². The number of rotatable bonds is 5. The lowest BCUT2D eigenvalue weighted by Crippen LogP contribution is -2.04. The number of nitrogens with one attached hydrogen (secondary N) is 1. The molecule has 108 valence electrons. The first-order valence-corrected chi connectivity index (χ1v) is 7.58. The Morgan fingerprint density at radius 2 is 1.90 bits per heavy atom. The summed E-state index contributed by atoms with van der Waals surface area (Å²) in [6.45, 7) is 1.37. The zero-order valence-electron chi connectivity index (χ0n) is 11.5. The normalized spacial score (nSPS) is 11.0. The van der Waals surface area contributed by atoms with Gasteiger partial charge in [0.25, 0.3) is 0 Å². The van der Waals surface area contributed by atoms with E-state index in [1.807, 2.05) is 18.3 Å². The zero-order valence-corrected chi connectivity index (χ0v) is 13.0. The minimum Gasteiger partial charge on any atom is -0.349 e. The van der Waals surface area contributed by atoms with Gasteiger partial charge in [-0.05, 0) is 52.2 Å². The van der Waals surface area contributed by atoms with E-state index >= 15 is 0 Å². The van der Waals surface area contributed by atoms with E-state index in [2.05, 4.69) is 55.6 Å². The first-order valence-electron chi connectivity index (χ1n) is 6.79. The highest BCUT2D eigenvalue weighted by atomic mass is 79.9. The average Bonchev–Trinajstić information content (AvgIpc) is 2.91. The topological polar surface area (TPSA) is 68.2 Å². The molecule has 0 unspecified atom stereocenters. The van der Waals surface area contributed by atoms with E-state index < -0.39 is 0 Å². The van der Waals surface area contributed by atoms with Crippen molar-refractivity contribution >= 4 is 27.5 Å². The summed E-state index contributed by atoms with van der Waals surface area (Å²) in [6, 6.07) is 12.3. The van der Waals surface area contributed by atoms with Crippen LogP contribution in [0.4, 0.5) is 5.95 Å². The summed E-state index contributed by atoms with van der Waals surface area (Å²) in [4.78, 5) is 4.45. The Labute approximate surface area is 131 Å². The van der Waals surface area contributed by atoms with E-state index in [9.17, 15) is 0 Å². The van der Waals surface area contributed by atoms with E-state index in [-0.39, 0.29) is 0 Å². The molecule has 3 aromatic rings. The fourth-order valence-corrected chi connectivity index (χ4v) is 2.54. The van der Waals surface area contributed by atoms with Crippen LogP contribution in [0, 0.1) is 0 Å². The van der Waals surface area contributed by atoms with Crippen LogP contribution in [0.2, 0.25) is 0 Å². The van der Waals surface area contributed by atoms with Gasteiger partial charge in [0.15, 0.2) is 5.65 Å². The van der Waals surface area contributed by atoms with Crippen molar-refractivity contribution in [2.24, 2.45) is 5.73 Å². The monoisotopic (exact) mass is 345 g/mol. The molecular weight excluding hydrogens is 330 g/mol. The molecule has 3 N–H and O–H groups in total. The molecule has 0 bridgehead atoms. The maximum Gasteiger partial charge on any atom is 0.243 e. The van der Waals surface area contributed by atoms with Crippen molar-refractivity contribution < 1.29 is 0 Å². The highest BCUT2D eigenvalue weighted by Gasteiger charge is 2.05. The molecular formula is C15H16BrN5. The van der Waals surface area contributed by atoms with Gasteiger partial charge in [0.2, 0.25) is 5.95 Å². The largest absolute Gasteiger partial charge is 0.349 e. The molecule has 0 amide bonds. The summed E-state index contributed by atoms with van der Waals surface area (Å²) in [7, 11) is 0. The summed E-state index contributed by atoms with van der Waals surface area (Å²) in [5, 5.41) is 7.62. The minimum atomic E-state index is 0.618. The van der Waals surface area contributed by atoms with Gasteiger partial charge in [-0.2, -0.15) is 4.98 Å². The molecule has 1 aromatic carbocycles. The summed E-state index contributed by atoms with van der Waals surface area (Å²) >= 11 is 3.47. The van der Waals surface area contributed by atoms with Crippen molar-refractivity contribution in [1.82, 2.24) is 14.6 Å². The summed E-state index contributed by atoms with van der Waals surface area (Å²) < 4.78 is 2.67. The van der Waals surface area contributed by atoms with Gasteiger partial charge in [-0.15, -0.1) is 5.10 Å². The Morgan fingerprint density at radius 1 is 1.14 bits per heavy atom. The van der Waals surface area contributed by atoms with Crippen molar-refractivity contribution in [2.75, 3.05) is 11.9 Å². The van der Waals surface area contributed by atoms with Crippen molar-refractivity contribution in [2.45, 2.75) is 13.0 Å². The lowest BCUT2D eigenvalue weighted by molar-refractivity contribution is 0.946. The highest BCUT2D eigenvalue weighted by Crippen LogP contribution is 2.17. The van der Waals surface area contributed by atoms with Crippen LogP contribution >= 0.6 is 15.9 Å². The Bertz CT molecular complexity index is 735. The van der Waals surface area contributed by atoms with Crippen LogP contribution < -0.4 is 11.1 Å². The van der Waals surface area contributed by atoms with Gasteiger partial charge in [-0.1, -0.05) is 24.3 Å². The molecule has 0 fully saturated rings. The molecule has 0 atom stereocenters. The Morgan fingerprint density at radius 3 is 2.62 bits per heavy atom. The lowest BCUT2D eigenvalue weighted by atomic mass is 10.1. The summed E-state index contributed by atoms with van der Waals surface area (Å²) in [5.41, 5.74) is 8.80. The molecule has 0 aliphatic carbocycles. The van der Waals surface area contributed by atoms with Crippen LogP contribution in [0.25, 0.3) is 5.65 Å². The molecule has 3 rings (SSSR count). The predicted octanol–water partition coefficient (Wildman–Crippen LogP) is 2.61. The Balaban J connectivity index is 1.69. The van der Waals surface area contributed by atoms with Crippen LogP contribution in [0.5, 0.6) is 0 Å². The minimum absolute atomic E-state index is 0.618. The van der Waals surface area contributed by atoms with Crippen LogP contribution in [0.3, 0.4) is 0 Å². The number of pyridine rings is 1. The molecule has 2 aromatic heterocycles. The number of fused-ring (bicyclic) bond motifs is 1. The molecule has 0 saturated heterocycles. The fraction of sp³-hybridized carbons (Fsp3) is 0.200. The van der Waals surface area contributed by atoms with Crippen LogP contribution in [0.1, 0.15) is 11.1 Å². The van der Waals surface area contributed by atoms with E-state index in [0.717, 1.165) is 16.5 Å². The Hall–Kier alpha value is -1.92. The van der Waals surface area contributed by atoms with Gasteiger partial charge in [0.1, 0.15) is 0 Å². The molecule has 6 heteroatoms. The molecule has 2 heterocycles. The lowest BCUT2D eigenvalue weighted by Gasteiger charge is -2.04. The van der Waals surface area contributed by atoms with Gasteiger partial charge in [-0.3, -0.25) is 0 Å². The first-order chi connectivity index (χ1) is 10.3. The van der Waals surface area contributed by atoms with Gasteiger partial charge in [0, 0.05) is 12.7 Å². The number of hydrogen-bond donors (Lipinski definition) is 2. The second-order valence-corrected chi connectivity index (χ2v) is 5.62. The third-order valence-electron chi connectivity index (χ3n) is 3.22. The SMILES string of the molecule is NCCc1ccc(CNc2nc3c(Br)cccn3n2)cc1. The third kappa shape index (κ3) is 3.22. The molecule has 0 aliphatic rings. The van der Waals surface area contributed by atoms with Gasteiger partial charge < -0.3 is 11.1 Å². The first kappa shape index (κ1) is 14.0. The van der Waals surface area contributed by atoms with E-state index in [0.29, 0.717) is 19.0 Å². The summed E-state index contributed by atoms with van der Waals surface area (Å²) in [6.07, 6.45) is 2.79. The molecule has 0 spiro atoms. The van der Waals surface area contributed by atoms with E-state index in [1.54, 1.807) is 4.52 Å². The maximum atomic E-state index is 5.55. The zero-order chi connectivity index (χ0) is 14.7. The molecule has 0 radical (unpaired) electrons. The number of hydrogen-bond acceptors (Lipinski definition) is 4. The van der Waals surface area contributed by atoms with Gasteiger partial charge in [0.05, 0.1) is 4.47 Å². The molecule has 5 nitrogen and oxygen atoms in total. The van der Waals surface area contributed by atoms with E-state index in [4.69, 9.17) is 5.73 Å². The quantitative estimate of drug-likeness (QED) is 0.745. The molecule has 21 heavy (non-hydrogen) atoms. The second-order valence-electron chi connectivity index (χ2n) is 4.77. The number of nitrogens with two attached hydrogens (primary N) is 1. The molecule has 0 aliphatic heterocycles. The number of halogens is 1. The third-order valence-corrected chi connectivity index (χ3v) is 3.84. The Kier molecular flexibility index (Phi) is 4.17. The number of aromatic nitrogens is 3.